The second-order valence-electron chi connectivity index (χ2n) is 8.07. The van der Waals surface area contributed by atoms with Crippen molar-refractivity contribution in [2.24, 2.45) is 5.41 Å². The van der Waals surface area contributed by atoms with Crippen LogP contribution in [0.15, 0.2) is 0 Å². The molecule has 0 amide bonds. The van der Waals surface area contributed by atoms with Gasteiger partial charge in [-0.15, -0.1) is 0 Å². The summed E-state index contributed by atoms with van der Waals surface area (Å²) in [6.45, 7) is 11.0. The van der Waals surface area contributed by atoms with Crippen molar-refractivity contribution in [1.82, 2.24) is 10.2 Å². The van der Waals surface area contributed by atoms with E-state index in [1.807, 2.05) is 0 Å². The van der Waals surface area contributed by atoms with Crippen molar-refractivity contribution in [1.29, 1.82) is 0 Å². The standard InChI is InChI=1S/C17H34N2O/c1-16(2,3)18-13-17(9-11-20-12-10-17)14-19(4)15-7-5-6-8-15/h15,18H,5-14H2,1-4H3. The lowest BCUT2D eigenvalue weighted by Gasteiger charge is -2.43. The molecule has 1 aliphatic heterocycles. The van der Waals surface area contributed by atoms with Crippen molar-refractivity contribution in [3.63, 3.8) is 0 Å². The molecule has 2 aliphatic rings. The fraction of sp³-hybridized carbons (Fsp3) is 1.00. The predicted octanol–water partition coefficient (Wildman–Crippen LogP) is 3.05. The summed E-state index contributed by atoms with van der Waals surface area (Å²) in [5.74, 6) is 0. The van der Waals surface area contributed by atoms with Gasteiger partial charge in [-0.1, -0.05) is 12.8 Å². The fourth-order valence-corrected chi connectivity index (χ4v) is 3.65. The molecular weight excluding hydrogens is 248 g/mol. The van der Waals surface area contributed by atoms with Crippen LogP contribution in [-0.2, 0) is 4.74 Å². The van der Waals surface area contributed by atoms with Gasteiger partial charge in [-0.25, -0.2) is 0 Å². The molecule has 0 aromatic carbocycles. The van der Waals surface area contributed by atoms with E-state index < -0.39 is 0 Å². The van der Waals surface area contributed by atoms with E-state index >= 15 is 0 Å². The highest BCUT2D eigenvalue weighted by atomic mass is 16.5. The Morgan fingerprint density at radius 1 is 1.15 bits per heavy atom. The molecule has 0 spiro atoms. The third kappa shape index (κ3) is 4.71. The Morgan fingerprint density at radius 2 is 1.75 bits per heavy atom. The summed E-state index contributed by atoms with van der Waals surface area (Å²) in [6, 6.07) is 0.823. The van der Waals surface area contributed by atoms with Gasteiger partial charge in [0.2, 0.25) is 0 Å². The molecule has 1 aliphatic carbocycles. The minimum atomic E-state index is 0.206. The average molecular weight is 282 g/mol. The first-order valence-corrected chi connectivity index (χ1v) is 8.43. The smallest absolute Gasteiger partial charge is 0.0472 e. The summed E-state index contributed by atoms with van der Waals surface area (Å²) in [4.78, 5) is 2.64. The van der Waals surface area contributed by atoms with Crippen LogP contribution in [0.4, 0.5) is 0 Å². The van der Waals surface area contributed by atoms with Crippen LogP contribution >= 0.6 is 0 Å². The lowest BCUT2D eigenvalue weighted by atomic mass is 9.78. The molecule has 1 heterocycles. The first-order valence-electron chi connectivity index (χ1n) is 8.43. The molecule has 2 fully saturated rings. The highest BCUT2D eigenvalue weighted by Crippen LogP contribution is 2.33. The minimum Gasteiger partial charge on any atom is -0.381 e. The Kier molecular flexibility index (Phi) is 5.49. The normalized spacial score (nSPS) is 24.4. The fourth-order valence-electron chi connectivity index (χ4n) is 3.65. The van der Waals surface area contributed by atoms with E-state index in [1.165, 1.54) is 45.1 Å². The number of rotatable bonds is 5. The highest BCUT2D eigenvalue weighted by molar-refractivity contribution is 4.90. The van der Waals surface area contributed by atoms with Crippen LogP contribution in [0.1, 0.15) is 59.3 Å². The van der Waals surface area contributed by atoms with E-state index in [9.17, 15) is 0 Å². The molecule has 0 atom stereocenters. The predicted molar refractivity (Wildman–Crippen MR) is 85.1 cm³/mol. The molecule has 1 saturated heterocycles. The summed E-state index contributed by atoms with van der Waals surface area (Å²) in [5.41, 5.74) is 0.611. The molecule has 0 aromatic heterocycles. The molecule has 118 valence electrons. The van der Waals surface area contributed by atoms with Gasteiger partial charge in [-0.2, -0.15) is 0 Å². The van der Waals surface area contributed by atoms with Gasteiger partial charge in [0.1, 0.15) is 0 Å². The molecular formula is C17H34N2O. The van der Waals surface area contributed by atoms with Crippen LogP contribution < -0.4 is 5.32 Å². The Labute approximate surface area is 125 Å². The maximum Gasteiger partial charge on any atom is 0.0472 e. The second-order valence-corrected chi connectivity index (χ2v) is 8.07. The van der Waals surface area contributed by atoms with E-state index in [4.69, 9.17) is 4.74 Å². The summed E-state index contributed by atoms with van der Waals surface area (Å²) in [5, 5.41) is 3.75. The lowest BCUT2D eigenvalue weighted by molar-refractivity contribution is -0.00898. The van der Waals surface area contributed by atoms with E-state index in [-0.39, 0.29) is 5.54 Å². The van der Waals surface area contributed by atoms with Gasteiger partial charge in [0.25, 0.3) is 0 Å². The van der Waals surface area contributed by atoms with Gasteiger partial charge in [0.15, 0.2) is 0 Å². The van der Waals surface area contributed by atoms with Crippen LogP contribution in [-0.4, -0.2) is 49.8 Å². The van der Waals surface area contributed by atoms with Crippen LogP contribution in [0.2, 0.25) is 0 Å². The maximum atomic E-state index is 5.62. The SMILES string of the molecule is CN(CC1(CNC(C)(C)C)CCOCC1)C1CCCC1. The van der Waals surface area contributed by atoms with Crippen LogP contribution in [0.25, 0.3) is 0 Å². The van der Waals surface area contributed by atoms with E-state index in [2.05, 4.69) is 38.0 Å². The number of nitrogens with zero attached hydrogens (tertiary/aromatic N) is 1. The summed E-state index contributed by atoms with van der Waals surface area (Å²) in [6.07, 6.45) is 8.04. The van der Waals surface area contributed by atoms with Crippen molar-refractivity contribution in [3.05, 3.63) is 0 Å². The summed E-state index contributed by atoms with van der Waals surface area (Å²) in [7, 11) is 2.34. The van der Waals surface area contributed by atoms with E-state index in [0.717, 1.165) is 25.8 Å². The Morgan fingerprint density at radius 3 is 2.30 bits per heavy atom. The zero-order chi connectivity index (χ0) is 14.6. The van der Waals surface area contributed by atoms with Gasteiger partial charge in [-0.3, -0.25) is 0 Å². The summed E-state index contributed by atoms with van der Waals surface area (Å²) < 4.78 is 5.62. The molecule has 0 bridgehead atoms. The van der Waals surface area contributed by atoms with Gasteiger partial charge >= 0.3 is 0 Å². The molecule has 3 nitrogen and oxygen atoms in total. The first kappa shape index (κ1) is 16.3. The molecule has 3 heteroatoms. The second kappa shape index (κ2) is 6.76. The van der Waals surface area contributed by atoms with E-state index in [0.29, 0.717) is 5.41 Å². The largest absolute Gasteiger partial charge is 0.381 e. The molecule has 2 rings (SSSR count). The molecule has 1 saturated carbocycles. The molecule has 0 radical (unpaired) electrons. The van der Waals surface area contributed by atoms with Gasteiger partial charge in [0, 0.05) is 37.9 Å². The first-order chi connectivity index (χ1) is 9.40. The van der Waals surface area contributed by atoms with E-state index in [1.54, 1.807) is 0 Å². The molecule has 0 aromatic rings. The number of hydrogen-bond donors (Lipinski definition) is 1. The number of ether oxygens (including phenoxy) is 1. The number of hydrogen-bond acceptors (Lipinski definition) is 3. The molecule has 0 unspecified atom stereocenters. The van der Waals surface area contributed by atoms with Crippen LogP contribution in [0.5, 0.6) is 0 Å². The monoisotopic (exact) mass is 282 g/mol. The Balaban J connectivity index is 1.94. The summed E-state index contributed by atoms with van der Waals surface area (Å²) >= 11 is 0. The van der Waals surface area contributed by atoms with Gasteiger partial charge in [-0.05, 0) is 58.9 Å². The van der Waals surface area contributed by atoms with Crippen molar-refractivity contribution in [3.8, 4) is 0 Å². The lowest BCUT2D eigenvalue weighted by Crippen LogP contribution is -2.51. The molecule has 1 N–H and O–H groups in total. The van der Waals surface area contributed by atoms with Gasteiger partial charge < -0.3 is 15.0 Å². The van der Waals surface area contributed by atoms with Crippen LogP contribution in [0, 0.1) is 5.41 Å². The van der Waals surface area contributed by atoms with Crippen molar-refractivity contribution in [2.75, 3.05) is 33.4 Å². The Bertz CT molecular complexity index is 286. The molecule has 20 heavy (non-hydrogen) atoms. The zero-order valence-corrected chi connectivity index (χ0v) is 14.0. The minimum absolute atomic E-state index is 0.206. The average Bonchev–Trinajstić information content (AvgIpc) is 2.91. The Hall–Kier alpha value is -0.120. The van der Waals surface area contributed by atoms with Crippen molar-refractivity contribution >= 4 is 0 Å². The van der Waals surface area contributed by atoms with Crippen molar-refractivity contribution < 1.29 is 4.74 Å². The quantitative estimate of drug-likeness (QED) is 0.839. The van der Waals surface area contributed by atoms with Crippen molar-refractivity contribution in [2.45, 2.75) is 70.9 Å². The topological polar surface area (TPSA) is 24.5 Å². The van der Waals surface area contributed by atoms with Crippen LogP contribution in [0.3, 0.4) is 0 Å². The zero-order valence-electron chi connectivity index (χ0n) is 14.0. The number of nitrogens with one attached hydrogen (secondary N) is 1. The third-order valence-electron chi connectivity index (χ3n) is 5.08. The highest BCUT2D eigenvalue weighted by Gasteiger charge is 2.36. The maximum absolute atomic E-state index is 5.62. The third-order valence-corrected chi connectivity index (χ3v) is 5.08. The van der Waals surface area contributed by atoms with Gasteiger partial charge in [0.05, 0.1) is 0 Å².